The minimum Gasteiger partial charge on any atom is -0.374 e. The van der Waals surface area contributed by atoms with Crippen molar-refractivity contribution in [1.82, 2.24) is 10.3 Å². The van der Waals surface area contributed by atoms with Crippen molar-refractivity contribution in [2.75, 3.05) is 18.5 Å². The Kier molecular flexibility index (Phi) is 3.76. The fourth-order valence-electron chi connectivity index (χ4n) is 2.79. The fourth-order valence-corrected chi connectivity index (χ4v) is 3.51. The molecular weight excluding hydrogens is 266 g/mol. The molecular formula is C16H21N3S. The fraction of sp³-hybridized carbons (Fsp3) is 0.438. The van der Waals surface area contributed by atoms with Gasteiger partial charge in [0.05, 0.1) is 6.04 Å². The molecule has 2 heterocycles. The van der Waals surface area contributed by atoms with Crippen LogP contribution in [-0.4, -0.2) is 24.6 Å². The first-order valence-corrected chi connectivity index (χ1v) is 8.02. The number of thiazole rings is 1. The van der Waals surface area contributed by atoms with Gasteiger partial charge < -0.3 is 10.2 Å². The highest BCUT2D eigenvalue weighted by Crippen LogP contribution is 2.32. The summed E-state index contributed by atoms with van der Waals surface area (Å²) in [6.07, 6.45) is 3.03. The Morgan fingerprint density at radius 3 is 2.90 bits per heavy atom. The van der Waals surface area contributed by atoms with Crippen LogP contribution < -0.4 is 10.2 Å². The number of hydrogen-bond acceptors (Lipinski definition) is 4. The third-order valence-electron chi connectivity index (χ3n) is 3.76. The summed E-state index contributed by atoms with van der Waals surface area (Å²) < 4.78 is 0. The molecule has 0 amide bonds. The van der Waals surface area contributed by atoms with Gasteiger partial charge in [0.2, 0.25) is 0 Å². The van der Waals surface area contributed by atoms with Crippen LogP contribution in [0.3, 0.4) is 0 Å². The van der Waals surface area contributed by atoms with Crippen molar-refractivity contribution in [2.24, 2.45) is 0 Å². The Bertz CT molecular complexity index is 577. The Balaban J connectivity index is 1.96. The number of hydrogen-bond donors (Lipinski definition) is 1. The molecule has 3 nitrogen and oxygen atoms in total. The Labute approximate surface area is 124 Å². The standard InChI is InChI=1S/C16H21N3S/c1-11(2)18-15(16-17-7-9-20-16)13-4-5-14-12(10-13)6-8-19(14)3/h4-5,7,9-11,15,18H,6,8H2,1-3H3. The van der Waals surface area contributed by atoms with Gasteiger partial charge in [-0.2, -0.15) is 0 Å². The minimum absolute atomic E-state index is 0.200. The smallest absolute Gasteiger partial charge is 0.114 e. The molecule has 0 radical (unpaired) electrons. The first-order chi connectivity index (χ1) is 9.65. The summed E-state index contributed by atoms with van der Waals surface area (Å²) in [5, 5.41) is 6.83. The van der Waals surface area contributed by atoms with Crippen LogP contribution in [0.25, 0.3) is 0 Å². The molecule has 106 valence electrons. The van der Waals surface area contributed by atoms with E-state index < -0.39 is 0 Å². The van der Waals surface area contributed by atoms with E-state index in [-0.39, 0.29) is 6.04 Å². The third kappa shape index (κ3) is 2.58. The van der Waals surface area contributed by atoms with Crippen LogP contribution in [0.5, 0.6) is 0 Å². The van der Waals surface area contributed by atoms with Gasteiger partial charge in [-0.05, 0) is 37.5 Å². The lowest BCUT2D eigenvalue weighted by atomic mass is 10.0. The van der Waals surface area contributed by atoms with E-state index in [1.54, 1.807) is 11.3 Å². The summed E-state index contributed by atoms with van der Waals surface area (Å²) in [6.45, 7) is 5.49. The molecule has 3 rings (SSSR count). The summed E-state index contributed by atoms with van der Waals surface area (Å²) in [6, 6.07) is 7.47. The number of nitrogens with one attached hydrogen (secondary N) is 1. The van der Waals surface area contributed by atoms with Crippen LogP contribution in [0.4, 0.5) is 5.69 Å². The number of benzene rings is 1. The molecule has 1 aliphatic heterocycles. The van der Waals surface area contributed by atoms with Gasteiger partial charge in [-0.25, -0.2) is 4.98 Å². The number of aromatic nitrogens is 1. The molecule has 1 atom stereocenters. The molecule has 1 aromatic carbocycles. The first kappa shape index (κ1) is 13.6. The molecule has 1 unspecified atom stereocenters. The minimum atomic E-state index is 0.200. The Hall–Kier alpha value is -1.39. The predicted octanol–water partition coefficient (Wildman–Crippen LogP) is 3.22. The van der Waals surface area contributed by atoms with Gasteiger partial charge >= 0.3 is 0 Å². The second-order valence-corrected chi connectivity index (χ2v) is 6.61. The molecule has 0 saturated carbocycles. The highest BCUT2D eigenvalue weighted by molar-refractivity contribution is 7.09. The lowest BCUT2D eigenvalue weighted by Crippen LogP contribution is -2.29. The average molecular weight is 287 g/mol. The van der Waals surface area contributed by atoms with Crippen LogP contribution in [-0.2, 0) is 6.42 Å². The molecule has 0 aliphatic carbocycles. The molecule has 20 heavy (non-hydrogen) atoms. The zero-order valence-corrected chi connectivity index (χ0v) is 13.1. The molecule has 0 bridgehead atoms. The van der Waals surface area contributed by atoms with E-state index in [0.717, 1.165) is 18.0 Å². The van der Waals surface area contributed by atoms with Crippen LogP contribution >= 0.6 is 11.3 Å². The zero-order chi connectivity index (χ0) is 14.1. The molecule has 2 aromatic rings. The molecule has 1 aromatic heterocycles. The summed E-state index contributed by atoms with van der Waals surface area (Å²) in [4.78, 5) is 6.83. The zero-order valence-electron chi connectivity index (χ0n) is 12.3. The largest absolute Gasteiger partial charge is 0.374 e. The second kappa shape index (κ2) is 5.54. The lowest BCUT2D eigenvalue weighted by molar-refractivity contribution is 0.527. The number of nitrogens with zero attached hydrogens (tertiary/aromatic N) is 2. The quantitative estimate of drug-likeness (QED) is 0.936. The second-order valence-electron chi connectivity index (χ2n) is 5.68. The van der Waals surface area contributed by atoms with Crippen LogP contribution in [0, 0.1) is 0 Å². The van der Waals surface area contributed by atoms with Crippen LogP contribution in [0.1, 0.15) is 36.0 Å². The summed E-state index contributed by atoms with van der Waals surface area (Å²) in [5.41, 5.74) is 4.15. The van der Waals surface area contributed by atoms with Crippen molar-refractivity contribution in [3.05, 3.63) is 45.9 Å². The van der Waals surface area contributed by atoms with E-state index in [9.17, 15) is 0 Å². The number of fused-ring (bicyclic) bond motifs is 1. The van der Waals surface area contributed by atoms with Gasteiger partial charge in [0.1, 0.15) is 5.01 Å². The monoisotopic (exact) mass is 287 g/mol. The van der Waals surface area contributed by atoms with Crippen molar-refractivity contribution in [3.8, 4) is 0 Å². The average Bonchev–Trinajstić information content (AvgIpc) is 3.06. The van der Waals surface area contributed by atoms with E-state index >= 15 is 0 Å². The maximum absolute atomic E-state index is 4.50. The number of likely N-dealkylation sites (N-methyl/N-ethyl adjacent to an activating group) is 1. The summed E-state index contributed by atoms with van der Waals surface area (Å²) >= 11 is 1.72. The van der Waals surface area contributed by atoms with E-state index in [1.807, 2.05) is 11.6 Å². The Morgan fingerprint density at radius 1 is 1.35 bits per heavy atom. The molecule has 0 spiro atoms. The van der Waals surface area contributed by atoms with Crippen LogP contribution in [0.15, 0.2) is 29.8 Å². The van der Waals surface area contributed by atoms with E-state index in [4.69, 9.17) is 0 Å². The van der Waals surface area contributed by atoms with Gasteiger partial charge in [-0.1, -0.05) is 12.1 Å². The third-order valence-corrected chi connectivity index (χ3v) is 4.60. The first-order valence-electron chi connectivity index (χ1n) is 7.14. The van der Waals surface area contributed by atoms with E-state index in [2.05, 4.69) is 54.3 Å². The van der Waals surface area contributed by atoms with E-state index in [1.165, 1.54) is 16.8 Å². The van der Waals surface area contributed by atoms with E-state index in [0.29, 0.717) is 6.04 Å². The maximum atomic E-state index is 4.50. The van der Waals surface area contributed by atoms with Gasteiger partial charge in [-0.3, -0.25) is 0 Å². The van der Waals surface area contributed by atoms with Crippen molar-refractivity contribution >= 4 is 17.0 Å². The Morgan fingerprint density at radius 2 is 2.20 bits per heavy atom. The summed E-state index contributed by atoms with van der Waals surface area (Å²) in [5.74, 6) is 0. The number of rotatable bonds is 4. The van der Waals surface area contributed by atoms with Gasteiger partial charge in [0, 0.05) is 36.9 Å². The van der Waals surface area contributed by atoms with Crippen molar-refractivity contribution in [2.45, 2.75) is 32.4 Å². The SMILES string of the molecule is CC(C)NC(c1ccc2c(c1)CCN2C)c1nccs1. The molecule has 4 heteroatoms. The number of anilines is 1. The highest BCUT2D eigenvalue weighted by Gasteiger charge is 2.21. The predicted molar refractivity (Wildman–Crippen MR) is 85.6 cm³/mol. The normalized spacial score (nSPS) is 15.7. The van der Waals surface area contributed by atoms with Crippen molar-refractivity contribution in [1.29, 1.82) is 0 Å². The molecule has 0 saturated heterocycles. The van der Waals surface area contributed by atoms with Gasteiger partial charge in [-0.15, -0.1) is 11.3 Å². The summed E-state index contributed by atoms with van der Waals surface area (Å²) in [7, 11) is 2.16. The maximum Gasteiger partial charge on any atom is 0.114 e. The van der Waals surface area contributed by atoms with Crippen molar-refractivity contribution < 1.29 is 0 Å². The van der Waals surface area contributed by atoms with Gasteiger partial charge in [0.25, 0.3) is 0 Å². The molecule has 1 aliphatic rings. The lowest BCUT2D eigenvalue weighted by Gasteiger charge is -2.21. The van der Waals surface area contributed by atoms with Crippen LogP contribution in [0.2, 0.25) is 0 Å². The topological polar surface area (TPSA) is 28.2 Å². The molecule has 1 N–H and O–H groups in total. The van der Waals surface area contributed by atoms with Gasteiger partial charge in [0.15, 0.2) is 0 Å². The molecule has 0 fully saturated rings. The highest BCUT2D eigenvalue weighted by atomic mass is 32.1. The van der Waals surface area contributed by atoms with Crippen molar-refractivity contribution in [3.63, 3.8) is 0 Å².